The molecular weight excluding hydrogens is 250 g/mol. The van der Waals surface area contributed by atoms with Crippen LogP contribution in [0.5, 0.6) is 0 Å². The predicted octanol–water partition coefficient (Wildman–Crippen LogP) is 1.95. The smallest absolute Gasteiger partial charge is 0.322 e. The molecule has 98 valence electrons. The van der Waals surface area contributed by atoms with Gasteiger partial charge < -0.3 is 10.4 Å². The van der Waals surface area contributed by atoms with Crippen molar-refractivity contribution in [2.75, 3.05) is 11.9 Å². The zero-order valence-electron chi connectivity index (χ0n) is 10.1. The third-order valence-electron chi connectivity index (χ3n) is 2.56. The number of carboxylic acids is 1. The number of hydrogen-bond donors (Lipinski definition) is 2. The molecular formula is C12H11N3O4. The van der Waals surface area contributed by atoms with Crippen molar-refractivity contribution in [2.24, 2.45) is 0 Å². The fraction of sp³-hybridized carbons (Fsp3) is 0.167. The normalized spacial score (nSPS) is 10.4. The number of hydrogen-bond acceptors (Lipinski definition) is 5. The second-order valence-corrected chi connectivity index (χ2v) is 4.02. The van der Waals surface area contributed by atoms with E-state index < -0.39 is 10.9 Å². The fourth-order valence-electron chi connectivity index (χ4n) is 1.78. The maximum absolute atomic E-state index is 10.8. The van der Waals surface area contributed by atoms with Gasteiger partial charge in [0.25, 0.3) is 5.69 Å². The van der Waals surface area contributed by atoms with Gasteiger partial charge in [0.2, 0.25) is 0 Å². The number of aliphatic carboxylic acids is 1. The van der Waals surface area contributed by atoms with Crippen molar-refractivity contribution < 1.29 is 14.8 Å². The van der Waals surface area contributed by atoms with Crippen LogP contribution in [-0.2, 0) is 4.79 Å². The molecule has 1 heterocycles. The highest BCUT2D eigenvalue weighted by Gasteiger charge is 2.11. The first kappa shape index (κ1) is 12.7. The van der Waals surface area contributed by atoms with E-state index in [1.807, 2.05) is 0 Å². The molecule has 0 atom stereocenters. The standard InChI is InChI=1S/C12H11N3O4/c1-7-4-11(13-6-12(16)17)9-5-8(15(18)19)2-3-10(9)14-7/h2-5H,6H2,1H3,(H,13,14)(H,16,17). The first-order chi connectivity index (χ1) is 8.97. The Kier molecular flexibility index (Phi) is 3.28. The molecule has 0 amide bonds. The Morgan fingerprint density at radius 3 is 2.84 bits per heavy atom. The summed E-state index contributed by atoms with van der Waals surface area (Å²) in [5, 5.41) is 22.7. The van der Waals surface area contributed by atoms with Crippen LogP contribution in [0.25, 0.3) is 10.9 Å². The maximum atomic E-state index is 10.8. The van der Waals surface area contributed by atoms with Gasteiger partial charge in [-0.25, -0.2) is 0 Å². The molecule has 0 unspecified atom stereocenters. The highest BCUT2D eigenvalue weighted by atomic mass is 16.6. The molecule has 0 bridgehead atoms. The molecule has 2 aromatic rings. The van der Waals surface area contributed by atoms with Gasteiger partial charge in [-0.05, 0) is 19.1 Å². The van der Waals surface area contributed by atoms with Crippen LogP contribution in [0.1, 0.15) is 5.69 Å². The van der Waals surface area contributed by atoms with Crippen LogP contribution >= 0.6 is 0 Å². The summed E-state index contributed by atoms with van der Waals surface area (Å²) in [7, 11) is 0. The molecule has 19 heavy (non-hydrogen) atoms. The van der Waals surface area contributed by atoms with E-state index in [0.717, 1.165) is 0 Å². The van der Waals surface area contributed by atoms with Crippen LogP contribution < -0.4 is 5.32 Å². The minimum absolute atomic E-state index is 0.0588. The number of aromatic nitrogens is 1. The van der Waals surface area contributed by atoms with Gasteiger partial charge in [0.05, 0.1) is 10.4 Å². The van der Waals surface area contributed by atoms with E-state index in [9.17, 15) is 14.9 Å². The predicted molar refractivity (Wildman–Crippen MR) is 69.3 cm³/mol. The van der Waals surface area contributed by atoms with Crippen molar-refractivity contribution in [2.45, 2.75) is 6.92 Å². The molecule has 0 fully saturated rings. The first-order valence-corrected chi connectivity index (χ1v) is 5.49. The zero-order valence-corrected chi connectivity index (χ0v) is 10.1. The Balaban J connectivity index is 2.55. The summed E-state index contributed by atoms with van der Waals surface area (Å²) in [5.74, 6) is -1.01. The third kappa shape index (κ3) is 2.76. The topological polar surface area (TPSA) is 105 Å². The summed E-state index contributed by atoms with van der Waals surface area (Å²) in [6, 6.07) is 5.96. The molecule has 1 aromatic carbocycles. The quantitative estimate of drug-likeness (QED) is 0.643. The molecule has 7 heteroatoms. The van der Waals surface area contributed by atoms with Crippen LogP contribution in [-0.4, -0.2) is 27.5 Å². The lowest BCUT2D eigenvalue weighted by Gasteiger charge is -2.08. The molecule has 0 saturated carbocycles. The Morgan fingerprint density at radius 1 is 1.47 bits per heavy atom. The minimum Gasteiger partial charge on any atom is -0.480 e. The highest BCUT2D eigenvalue weighted by Crippen LogP contribution is 2.27. The Hall–Kier alpha value is -2.70. The summed E-state index contributed by atoms with van der Waals surface area (Å²) < 4.78 is 0. The van der Waals surface area contributed by atoms with Gasteiger partial charge in [0.15, 0.2) is 0 Å². The molecule has 0 radical (unpaired) electrons. The lowest BCUT2D eigenvalue weighted by Crippen LogP contribution is -2.12. The number of nitro groups is 1. The number of anilines is 1. The molecule has 0 aliphatic rings. The number of nitrogens with zero attached hydrogens (tertiary/aromatic N) is 2. The van der Waals surface area contributed by atoms with Crippen LogP contribution in [0.2, 0.25) is 0 Å². The monoisotopic (exact) mass is 261 g/mol. The Labute approximate surface area is 108 Å². The zero-order chi connectivity index (χ0) is 14.0. The summed E-state index contributed by atoms with van der Waals surface area (Å²) in [6.45, 7) is 1.51. The number of fused-ring (bicyclic) bond motifs is 1. The van der Waals surface area contributed by atoms with Crippen LogP contribution in [0.3, 0.4) is 0 Å². The van der Waals surface area contributed by atoms with Gasteiger partial charge in [-0.3, -0.25) is 19.9 Å². The summed E-state index contributed by atoms with van der Waals surface area (Å²) in [6.07, 6.45) is 0. The number of nitro benzene ring substituents is 1. The molecule has 2 N–H and O–H groups in total. The van der Waals surface area contributed by atoms with Gasteiger partial charge in [-0.2, -0.15) is 0 Å². The van der Waals surface area contributed by atoms with Crippen molar-refractivity contribution in [3.63, 3.8) is 0 Å². The Morgan fingerprint density at radius 2 is 2.21 bits per heavy atom. The second kappa shape index (κ2) is 4.89. The number of aryl methyl sites for hydroxylation is 1. The van der Waals surface area contributed by atoms with Crippen molar-refractivity contribution in [3.05, 3.63) is 40.1 Å². The molecule has 0 saturated heterocycles. The van der Waals surface area contributed by atoms with E-state index in [-0.39, 0.29) is 12.2 Å². The number of nitrogens with one attached hydrogen (secondary N) is 1. The number of benzene rings is 1. The van der Waals surface area contributed by atoms with E-state index >= 15 is 0 Å². The van der Waals surface area contributed by atoms with Crippen LogP contribution in [0.4, 0.5) is 11.4 Å². The van der Waals surface area contributed by atoms with Gasteiger partial charge >= 0.3 is 5.97 Å². The second-order valence-electron chi connectivity index (χ2n) is 4.02. The van der Waals surface area contributed by atoms with Gasteiger partial charge in [-0.1, -0.05) is 0 Å². The minimum atomic E-state index is -1.01. The molecule has 2 rings (SSSR count). The number of pyridine rings is 1. The van der Waals surface area contributed by atoms with Crippen molar-refractivity contribution in [1.82, 2.24) is 4.98 Å². The van der Waals surface area contributed by atoms with E-state index in [4.69, 9.17) is 5.11 Å². The van der Waals surface area contributed by atoms with Gasteiger partial charge in [0, 0.05) is 28.9 Å². The van der Waals surface area contributed by atoms with Crippen molar-refractivity contribution in [3.8, 4) is 0 Å². The summed E-state index contributed by atoms with van der Waals surface area (Å²) in [4.78, 5) is 25.1. The van der Waals surface area contributed by atoms with Crippen LogP contribution in [0, 0.1) is 17.0 Å². The third-order valence-corrected chi connectivity index (χ3v) is 2.56. The van der Waals surface area contributed by atoms with E-state index in [0.29, 0.717) is 22.3 Å². The largest absolute Gasteiger partial charge is 0.480 e. The van der Waals surface area contributed by atoms with E-state index in [1.54, 1.807) is 19.1 Å². The lowest BCUT2D eigenvalue weighted by molar-refractivity contribution is -0.384. The van der Waals surface area contributed by atoms with E-state index in [2.05, 4.69) is 10.3 Å². The molecule has 1 aromatic heterocycles. The Bertz CT molecular complexity index is 669. The molecule has 0 spiro atoms. The average molecular weight is 261 g/mol. The highest BCUT2D eigenvalue weighted by molar-refractivity contribution is 5.94. The summed E-state index contributed by atoms with van der Waals surface area (Å²) >= 11 is 0. The molecule has 0 aliphatic heterocycles. The van der Waals surface area contributed by atoms with Crippen molar-refractivity contribution >= 4 is 28.2 Å². The van der Waals surface area contributed by atoms with Gasteiger partial charge in [-0.15, -0.1) is 0 Å². The lowest BCUT2D eigenvalue weighted by atomic mass is 10.1. The van der Waals surface area contributed by atoms with Gasteiger partial charge in [0.1, 0.15) is 6.54 Å². The first-order valence-electron chi connectivity index (χ1n) is 5.49. The number of non-ortho nitro benzene ring substituents is 1. The average Bonchev–Trinajstić information content (AvgIpc) is 2.35. The number of carbonyl (C=O) groups is 1. The van der Waals surface area contributed by atoms with Crippen LogP contribution in [0.15, 0.2) is 24.3 Å². The molecule has 0 aliphatic carbocycles. The molecule has 7 nitrogen and oxygen atoms in total. The van der Waals surface area contributed by atoms with E-state index in [1.165, 1.54) is 12.1 Å². The maximum Gasteiger partial charge on any atom is 0.322 e. The number of rotatable bonds is 4. The summed E-state index contributed by atoms with van der Waals surface area (Å²) in [5.41, 5.74) is 1.75. The fourth-order valence-corrected chi connectivity index (χ4v) is 1.78. The van der Waals surface area contributed by atoms with Crippen molar-refractivity contribution in [1.29, 1.82) is 0 Å². The SMILES string of the molecule is Cc1cc(NCC(=O)O)c2cc([N+](=O)[O-])ccc2n1. The number of carboxylic acid groups (broad SMARTS) is 1.